The Bertz CT molecular complexity index is 628. The molecule has 0 radical (unpaired) electrons. The summed E-state index contributed by atoms with van der Waals surface area (Å²) in [4.78, 5) is 4.24. The van der Waals surface area contributed by atoms with Crippen LogP contribution < -0.4 is 0 Å². The average molecular weight is 238 g/mol. The molecule has 0 bridgehead atoms. The van der Waals surface area contributed by atoms with E-state index in [1.807, 2.05) is 45.0 Å². The van der Waals surface area contributed by atoms with Crippen LogP contribution in [0.15, 0.2) is 33.7 Å². The molecule has 3 heteroatoms. The van der Waals surface area contributed by atoms with Crippen molar-refractivity contribution in [3.05, 3.63) is 52.3 Å². The van der Waals surface area contributed by atoms with E-state index in [9.17, 15) is 0 Å². The molecule has 18 heavy (non-hydrogen) atoms. The molecule has 90 valence electrons. The molecule has 0 saturated heterocycles. The summed E-state index contributed by atoms with van der Waals surface area (Å²) in [7, 11) is 0. The Morgan fingerprint density at radius 3 is 2.44 bits per heavy atom. The Balaban J connectivity index is 2.32. The topological polar surface area (TPSA) is 49.3 Å². The number of furan rings is 1. The second kappa shape index (κ2) is 4.89. The lowest BCUT2D eigenvalue weighted by molar-refractivity contribution is 0.542. The molecule has 1 aromatic carbocycles. The van der Waals surface area contributed by atoms with Crippen molar-refractivity contribution in [1.82, 2.24) is 0 Å². The van der Waals surface area contributed by atoms with Gasteiger partial charge in [0.05, 0.1) is 0 Å². The van der Waals surface area contributed by atoms with Crippen LogP contribution in [0.4, 0.5) is 5.88 Å². The van der Waals surface area contributed by atoms with Gasteiger partial charge in [0.2, 0.25) is 5.88 Å². The molecule has 0 aliphatic rings. The molecule has 0 amide bonds. The molecule has 2 rings (SSSR count). The minimum atomic E-state index is 0.382. The molecule has 0 aliphatic carbocycles. The first-order valence-corrected chi connectivity index (χ1v) is 5.72. The van der Waals surface area contributed by atoms with Crippen LogP contribution in [0.2, 0.25) is 0 Å². The van der Waals surface area contributed by atoms with Crippen molar-refractivity contribution in [2.24, 2.45) is 4.99 Å². The zero-order chi connectivity index (χ0) is 13.1. The largest absolute Gasteiger partial charge is 0.442 e. The highest BCUT2D eigenvalue weighted by Gasteiger charge is 2.12. The summed E-state index contributed by atoms with van der Waals surface area (Å²) in [5, 5.41) is 9.06. The fourth-order valence-electron chi connectivity index (χ4n) is 1.62. The molecule has 0 saturated carbocycles. The molecule has 0 unspecified atom stereocenters. The van der Waals surface area contributed by atoms with Gasteiger partial charge in [-0.3, -0.25) is 0 Å². The molecule has 0 spiro atoms. The molecular formula is C15H14N2O. The van der Waals surface area contributed by atoms with Gasteiger partial charge in [-0.05, 0) is 26.3 Å². The van der Waals surface area contributed by atoms with E-state index in [0.717, 1.165) is 16.9 Å². The van der Waals surface area contributed by atoms with E-state index in [1.165, 1.54) is 5.56 Å². The van der Waals surface area contributed by atoms with Gasteiger partial charge in [-0.1, -0.05) is 29.8 Å². The molecule has 1 heterocycles. The first kappa shape index (κ1) is 12.1. The van der Waals surface area contributed by atoms with E-state index in [1.54, 1.807) is 6.21 Å². The first-order chi connectivity index (χ1) is 8.61. The second-order valence-electron chi connectivity index (χ2n) is 4.24. The van der Waals surface area contributed by atoms with E-state index in [4.69, 9.17) is 9.68 Å². The van der Waals surface area contributed by atoms with Crippen LogP contribution in [-0.4, -0.2) is 6.21 Å². The lowest BCUT2D eigenvalue weighted by Crippen LogP contribution is -1.81. The van der Waals surface area contributed by atoms with Crippen LogP contribution in [0.5, 0.6) is 0 Å². The number of aryl methyl sites for hydroxylation is 2. The number of hydrogen-bond acceptors (Lipinski definition) is 3. The number of nitriles is 1. The van der Waals surface area contributed by atoms with Gasteiger partial charge >= 0.3 is 0 Å². The highest BCUT2D eigenvalue weighted by atomic mass is 16.4. The van der Waals surface area contributed by atoms with Crippen LogP contribution in [0.3, 0.4) is 0 Å². The summed E-state index contributed by atoms with van der Waals surface area (Å²) >= 11 is 0. The van der Waals surface area contributed by atoms with Crippen molar-refractivity contribution in [1.29, 1.82) is 5.26 Å². The predicted octanol–water partition coefficient (Wildman–Crippen LogP) is 3.83. The van der Waals surface area contributed by atoms with Gasteiger partial charge in [0, 0.05) is 11.8 Å². The Morgan fingerprint density at radius 1 is 1.17 bits per heavy atom. The first-order valence-electron chi connectivity index (χ1n) is 5.72. The lowest BCUT2D eigenvalue weighted by atomic mass is 10.2. The lowest BCUT2D eigenvalue weighted by Gasteiger charge is -1.93. The Labute approximate surface area is 106 Å². The Kier molecular flexibility index (Phi) is 3.29. The third-order valence-electron chi connectivity index (χ3n) is 2.89. The van der Waals surface area contributed by atoms with Gasteiger partial charge in [-0.25, -0.2) is 4.99 Å². The van der Waals surface area contributed by atoms with Crippen LogP contribution in [0.1, 0.15) is 28.0 Å². The highest BCUT2D eigenvalue weighted by molar-refractivity contribution is 5.82. The normalized spacial score (nSPS) is 10.8. The predicted molar refractivity (Wildman–Crippen MR) is 71.3 cm³/mol. The fraction of sp³-hybridized carbons (Fsp3) is 0.200. The summed E-state index contributed by atoms with van der Waals surface area (Å²) in [6, 6.07) is 10.1. The third kappa shape index (κ3) is 2.33. The van der Waals surface area contributed by atoms with Crippen molar-refractivity contribution in [2.45, 2.75) is 20.8 Å². The molecule has 0 N–H and O–H groups in total. The molecule has 0 fully saturated rings. The van der Waals surface area contributed by atoms with Crippen molar-refractivity contribution >= 4 is 12.1 Å². The van der Waals surface area contributed by atoms with Crippen LogP contribution in [0.25, 0.3) is 0 Å². The minimum Gasteiger partial charge on any atom is -0.442 e. The second-order valence-corrected chi connectivity index (χ2v) is 4.24. The van der Waals surface area contributed by atoms with E-state index < -0.39 is 0 Å². The monoisotopic (exact) mass is 238 g/mol. The van der Waals surface area contributed by atoms with Crippen molar-refractivity contribution in [3.8, 4) is 6.07 Å². The molecule has 0 atom stereocenters. The molecule has 3 nitrogen and oxygen atoms in total. The summed E-state index contributed by atoms with van der Waals surface area (Å²) < 4.78 is 5.46. The number of hydrogen-bond donors (Lipinski definition) is 0. The van der Waals surface area contributed by atoms with Crippen molar-refractivity contribution < 1.29 is 4.42 Å². The summed E-state index contributed by atoms with van der Waals surface area (Å²) in [6.07, 6.45) is 1.71. The number of aliphatic imine (C=N–C) groups is 1. The van der Waals surface area contributed by atoms with Gasteiger partial charge in [-0.2, -0.15) is 5.26 Å². The van der Waals surface area contributed by atoms with Crippen LogP contribution in [0, 0.1) is 32.1 Å². The van der Waals surface area contributed by atoms with E-state index in [0.29, 0.717) is 11.4 Å². The van der Waals surface area contributed by atoms with Gasteiger partial charge in [-0.15, -0.1) is 0 Å². The Hall–Kier alpha value is -2.34. The minimum absolute atomic E-state index is 0.382. The zero-order valence-electron chi connectivity index (χ0n) is 10.7. The number of rotatable bonds is 2. The summed E-state index contributed by atoms with van der Waals surface area (Å²) in [5.41, 5.74) is 3.55. The van der Waals surface area contributed by atoms with Gasteiger partial charge in [0.1, 0.15) is 17.4 Å². The maximum atomic E-state index is 9.06. The third-order valence-corrected chi connectivity index (χ3v) is 2.89. The Morgan fingerprint density at radius 2 is 1.83 bits per heavy atom. The maximum Gasteiger partial charge on any atom is 0.237 e. The van der Waals surface area contributed by atoms with E-state index in [2.05, 4.69) is 11.1 Å². The van der Waals surface area contributed by atoms with E-state index in [-0.39, 0.29) is 0 Å². The SMILES string of the molecule is Cc1ccc(/C=N/c2oc(C)c(C)c2C#N)cc1. The molecule has 0 aliphatic heterocycles. The molecular weight excluding hydrogens is 224 g/mol. The van der Waals surface area contributed by atoms with Crippen LogP contribution >= 0.6 is 0 Å². The molecule has 2 aromatic rings. The maximum absolute atomic E-state index is 9.06. The number of nitrogens with zero attached hydrogens (tertiary/aromatic N) is 2. The average Bonchev–Trinajstić information content (AvgIpc) is 2.64. The number of benzene rings is 1. The van der Waals surface area contributed by atoms with Gasteiger partial charge in [0.25, 0.3) is 0 Å². The summed E-state index contributed by atoms with van der Waals surface area (Å²) in [6.45, 7) is 5.73. The quantitative estimate of drug-likeness (QED) is 0.746. The highest BCUT2D eigenvalue weighted by Crippen LogP contribution is 2.27. The summed E-state index contributed by atoms with van der Waals surface area (Å²) in [5.74, 6) is 1.12. The standard InChI is InChI=1S/C15H14N2O/c1-10-4-6-13(7-5-10)9-17-15-14(8-16)11(2)12(3)18-15/h4-7,9H,1-3H3/b17-9+. The van der Waals surface area contributed by atoms with Gasteiger partial charge < -0.3 is 4.42 Å². The zero-order valence-corrected chi connectivity index (χ0v) is 10.7. The fourth-order valence-corrected chi connectivity index (χ4v) is 1.62. The van der Waals surface area contributed by atoms with E-state index >= 15 is 0 Å². The van der Waals surface area contributed by atoms with Crippen molar-refractivity contribution in [2.75, 3.05) is 0 Å². The smallest absolute Gasteiger partial charge is 0.237 e. The van der Waals surface area contributed by atoms with Crippen LogP contribution in [-0.2, 0) is 0 Å². The molecule has 1 aromatic heterocycles. The van der Waals surface area contributed by atoms with Gasteiger partial charge in [0.15, 0.2) is 0 Å². The van der Waals surface area contributed by atoms with Crippen molar-refractivity contribution in [3.63, 3.8) is 0 Å².